The lowest BCUT2D eigenvalue weighted by Crippen LogP contribution is -2.22. The molecule has 0 bridgehead atoms. The van der Waals surface area contributed by atoms with Crippen molar-refractivity contribution < 1.29 is 12.8 Å². The van der Waals surface area contributed by atoms with Crippen molar-refractivity contribution in [2.45, 2.75) is 13.0 Å². The first kappa shape index (κ1) is 14.4. The Kier molecular flexibility index (Phi) is 5.32. The Morgan fingerprint density at radius 2 is 2.12 bits per heavy atom. The van der Waals surface area contributed by atoms with Gasteiger partial charge in [0.1, 0.15) is 5.82 Å². The van der Waals surface area contributed by atoms with E-state index in [1.807, 2.05) is 0 Å². The number of halogens is 2. The Labute approximate surface area is 105 Å². The highest BCUT2D eigenvalue weighted by atomic mass is 35.5. The van der Waals surface area contributed by atoms with Crippen LogP contribution < -0.4 is 10.5 Å². The standard InChI is InChI=1S/C10H14ClFN2O2S/c11-9-4-1-3-8(10(9)12)7-14-5-2-6-17(13,15)16/h1,3-4,14H,2,5-7H2,(H2,13,15,16). The van der Waals surface area contributed by atoms with Crippen LogP contribution >= 0.6 is 11.6 Å². The summed E-state index contributed by atoms with van der Waals surface area (Å²) in [4.78, 5) is 0. The Morgan fingerprint density at radius 3 is 2.76 bits per heavy atom. The van der Waals surface area contributed by atoms with E-state index in [9.17, 15) is 12.8 Å². The molecule has 0 unspecified atom stereocenters. The number of hydrogen-bond acceptors (Lipinski definition) is 3. The largest absolute Gasteiger partial charge is 0.313 e. The van der Waals surface area contributed by atoms with Crippen LogP contribution in [0.2, 0.25) is 5.02 Å². The van der Waals surface area contributed by atoms with Crippen LogP contribution in [0.15, 0.2) is 18.2 Å². The SMILES string of the molecule is NS(=O)(=O)CCCNCc1cccc(Cl)c1F. The van der Waals surface area contributed by atoms with Gasteiger partial charge in [0, 0.05) is 12.1 Å². The van der Waals surface area contributed by atoms with E-state index in [0.717, 1.165) is 0 Å². The number of nitrogens with two attached hydrogens (primary N) is 1. The molecule has 0 spiro atoms. The molecule has 0 fully saturated rings. The lowest BCUT2D eigenvalue weighted by molar-refractivity contribution is 0.578. The Balaban J connectivity index is 2.34. The third-order valence-electron chi connectivity index (χ3n) is 2.13. The Hall–Kier alpha value is -0.690. The minimum Gasteiger partial charge on any atom is -0.313 e. The van der Waals surface area contributed by atoms with Crippen LogP contribution in [0.4, 0.5) is 4.39 Å². The predicted octanol–water partition coefficient (Wildman–Crippen LogP) is 1.25. The van der Waals surface area contributed by atoms with Crippen LogP contribution in [0.5, 0.6) is 0 Å². The second-order valence-corrected chi connectivity index (χ2v) is 5.75. The normalized spacial score (nSPS) is 11.7. The van der Waals surface area contributed by atoms with Gasteiger partial charge in [-0.2, -0.15) is 0 Å². The maximum Gasteiger partial charge on any atom is 0.209 e. The van der Waals surface area contributed by atoms with Gasteiger partial charge < -0.3 is 5.32 Å². The summed E-state index contributed by atoms with van der Waals surface area (Å²) in [6.07, 6.45) is 0.390. The fourth-order valence-corrected chi connectivity index (χ4v) is 2.05. The van der Waals surface area contributed by atoms with Gasteiger partial charge >= 0.3 is 0 Å². The average molecular weight is 281 g/mol. The van der Waals surface area contributed by atoms with Crippen molar-refractivity contribution in [3.63, 3.8) is 0 Å². The average Bonchev–Trinajstić information content (AvgIpc) is 2.22. The molecule has 0 aromatic heterocycles. The summed E-state index contributed by atoms with van der Waals surface area (Å²) in [5, 5.41) is 7.84. The Morgan fingerprint density at radius 1 is 1.41 bits per heavy atom. The van der Waals surface area contributed by atoms with Crippen molar-refractivity contribution in [3.05, 3.63) is 34.6 Å². The first-order valence-electron chi connectivity index (χ1n) is 5.04. The molecule has 0 saturated carbocycles. The van der Waals surface area contributed by atoms with Crippen molar-refractivity contribution in [3.8, 4) is 0 Å². The van der Waals surface area contributed by atoms with E-state index in [0.29, 0.717) is 25.1 Å². The smallest absolute Gasteiger partial charge is 0.209 e. The summed E-state index contributed by atoms with van der Waals surface area (Å²) in [5.74, 6) is -0.536. The molecule has 0 heterocycles. The van der Waals surface area contributed by atoms with Crippen molar-refractivity contribution >= 4 is 21.6 Å². The van der Waals surface area contributed by atoms with Gasteiger partial charge in [-0.05, 0) is 19.0 Å². The number of nitrogens with one attached hydrogen (secondary N) is 1. The molecule has 96 valence electrons. The molecule has 3 N–H and O–H groups in total. The van der Waals surface area contributed by atoms with Gasteiger partial charge in [0.15, 0.2) is 0 Å². The van der Waals surface area contributed by atoms with Crippen LogP contribution in [0, 0.1) is 5.82 Å². The van der Waals surface area contributed by atoms with E-state index in [1.54, 1.807) is 12.1 Å². The highest BCUT2D eigenvalue weighted by Crippen LogP contribution is 2.17. The summed E-state index contributed by atoms with van der Waals surface area (Å²) in [7, 11) is -3.42. The van der Waals surface area contributed by atoms with Gasteiger partial charge in [0.25, 0.3) is 0 Å². The monoisotopic (exact) mass is 280 g/mol. The molecule has 1 aromatic rings. The molecule has 1 rings (SSSR count). The summed E-state index contributed by atoms with van der Waals surface area (Å²) in [6, 6.07) is 4.75. The molecule has 0 saturated heterocycles. The maximum atomic E-state index is 13.4. The van der Waals surface area contributed by atoms with Crippen LogP contribution in [0.1, 0.15) is 12.0 Å². The van der Waals surface area contributed by atoms with Crippen molar-refractivity contribution in [1.82, 2.24) is 5.32 Å². The zero-order valence-corrected chi connectivity index (χ0v) is 10.7. The fourth-order valence-electron chi connectivity index (χ4n) is 1.31. The van der Waals surface area contributed by atoms with E-state index >= 15 is 0 Å². The number of sulfonamides is 1. The minimum atomic E-state index is -3.42. The van der Waals surface area contributed by atoms with Crippen molar-refractivity contribution in [1.29, 1.82) is 0 Å². The second kappa shape index (κ2) is 6.30. The number of benzene rings is 1. The molecule has 0 aliphatic carbocycles. The van der Waals surface area contributed by atoms with Gasteiger partial charge in [-0.25, -0.2) is 17.9 Å². The topological polar surface area (TPSA) is 72.2 Å². The zero-order chi connectivity index (χ0) is 12.9. The first-order valence-corrected chi connectivity index (χ1v) is 7.13. The van der Waals surface area contributed by atoms with Crippen LogP contribution in [-0.4, -0.2) is 20.7 Å². The highest BCUT2D eigenvalue weighted by Gasteiger charge is 2.06. The number of primary sulfonamides is 1. The van der Waals surface area contributed by atoms with Crippen molar-refractivity contribution in [2.24, 2.45) is 5.14 Å². The molecule has 0 radical (unpaired) electrons. The summed E-state index contributed by atoms with van der Waals surface area (Å²) in [6.45, 7) is 0.749. The summed E-state index contributed by atoms with van der Waals surface area (Å²) < 4.78 is 34.7. The van der Waals surface area contributed by atoms with Crippen LogP contribution in [0.25, 0.3) is 0 Å². The molecule has 0 aliphatic rings. The molecule has 7 heteroatoms. The molecule has 0 aliphatic heterocycles. The van der Waals surface area contributed by atoms with E-state index in [4.69, 9.17) is 16.7 Å². The minimum absolute atomic E-state index is 0.0776. The van der Waals surface area contributed by atoms with E-state index < -0.39 is 15.8 Å². The summed E-state index contributed by atoms with van der Waals surface area (Å²) in [5.41, 5.74) is 0.452. The third kappa shape index (κ3) is 5.45. The fraction of sp³-hybridized carbons (Fsp3) is 0.400. The lowest BCUT2D eigenvalue weighted by Gasteiger charge is -2.06. The predicted molar refractivity (Wildman–Crippen MR) is 65.7 cm³/mol. The lowest BCUT2D eigenvalue weighted by atomic mass is 10.2. The van der Waals surface area contributed by atoms with E-state index in [2.05, 4.69) is 5.32 Å². The molecular weight excluding hydrogens is 267 g/mol. The third-order valence-corrected chi connectivity index (χ3v) is 3.28. The molecule has 17 heavy (non-hydrogen) atoms. The molecule has 4 nitrogen and oxygen atoms in total. The molecule has 0 amide bonds. The zero-order valence-electron chi connectivity index (χ0n) is 9.12. The summed E-state index contributed by atoms with van der Waals surface area (Å²) >= 11 is 5.62. The Bertz CT molecular complexity index is 479. The molecule has 1 aromatic carbocycles. The maximum absolute atomic E-state index is 13.4. The quantitative estimate of drug-likeness (QED) is 0.770. The van der Waals surface area contributed by atoms with Gasteiger partial charge in [-0.1, -0.05) is 23.7 Å². The molecular formula is C10H14ClFN2O2S. The first-order chi connectivity index (χ1) is 7.90. The highest BCUT2D eigenvalue weighted by molar-refractivity contribution is 7.89. The van der Waals surface area contributed by atoms with Crippen LogP contribution in [-0.2, 0) is 16.6 Å². The number of rotatable bonds is 6. The van der Waals surface area contributed by atoms with Gasteiger partial charge in [0.2, 0.25) is 10.0 Å². The second-order valence-electron chi connectivity index (χ2n) is 3.61. The van der Waals surface area contributed by atoms with Gasteiger partial charge in [0.05, 0.1) is 10.8 Å². The number of hydrogen-bond donors (Lipinski definition) is 2. The van der Waals surface area contributed by atoms with E-state index in [-0.39, 0.29) is 10.8 Å². The van der Waals surface area contributed by atoms with E-state index in [1.165, 1.54) is 6.07 Å². The molecule has 0 atom stereocenters. The van der Waals surface area contributed by atoms with Crippen molar-refractivity contribution in [2.75, 3.05) is 12.3 Å². The van der Waals surface area contributed by atoms with Crippen LogP contribution in [0.3, 0.4) is 0 Å². The van der Waals surface area contributed by atoms with Gasteiger partial charge in [-0.15, -0.1) is 0 Å². The van der Waals surface area contributed by atoms with Gasteiger partial charge in [-0.3, -0.25) is 0 Å².